The van der Waals surface area contributed by atoms with Gasteiger partial charge in [0.25, 0.3) is 0 Å². The zero-order valence-corrected chi connectivity index (χ0v) is 16.5. The lowest BCUT2D eigenvalue weighted by Crippen LogP contribution is -1.96. The molecule has 1 N–H and O–H groups in total. The van der Waals surface area contributed by atoms with E-state index in [0.29, 0.717) is 28.6 Å². The summed E-state index contributed by atoms with van der Waals surface area (Å²) >= 11 is 0. The van der Waals surface area contributed by atoms with Gasteiger partial charge in [0.15, 0.2) is 17.1 Å². The first-order valence-corrected chi connectivity index (χ1v) is 8.83. The summed E-state index contributed by atoms with van der Waals surface area (Å²) in [7, 11) is 6.35. The van der Waals surface area contributed by atoms with Gasteiger partial charge in [0, 0.05) is 23.5 Å². The van der Waals surface area contributed by atoms with E-state index in [0.717, 1.165) is 27.8 Å². The van der Waals surface area contributed by atoms with Crippen molar-refractivity contribution in [3.63, 3.8) is 0 Å². The van der Waals surface area contributed by atoms with Gasteiger partial charge in [-0.2, -0.15) is 5.10 Å². The lowest BCUT2D eigenvalue weighted by molar-refractivity contribution is 0.324. The summed E-state index contributed by atoms with van der Waals surface area (Å²) in [6.07, 6.45) is 5.16. The maximum absolute atomic E-state index is 5.49. The maximum Gasteiger partial charge on any atom is 0.203 e. The molecule has 29 heavy (non-hydrogen) atoms. The number of ether oxygens (including phenoxy) is 4. The van der Waals surface area contributed by atoms with Crippen LogP contribution in [0.2, 0.25) is 0 Å². The van der Waals surface area contributed by atoms with Crippen LogP contribution in [0.25, 0.3) is 33.4 Å². The number of hydrogen-bond donors (Lipinski definition) is 1. The van der Waals surface area contributed by atoms with Crippen molar-refractivity contribution in [1.82, 2.24) is 20.2 Å². The lowest BCUT2D eigenvalue weighted by atomic mass is 10.0. The van der Waals surface area contributed by atoms with E-state index in [9.17, 15) is 0 Å². The molecule has 0 saturated heterocycles. The van der Waals surface area contributed by atoms with Crippen LogP contribution >= 0.6 is 0 Å². The van der Waals surface area contributed by atoms with Gasteiger partial charge in [-0.3, -0.25) is 10.1 Å². The molecule has 148 valence electrons. The summed E-state index contributed by atoms with van der Waals surface area (Å²) in [5, 5.41) is 8.33. The highest BCUT2D eigenvalue weighted by atomic mass is 16.5. The first kappa shape index (κ1) is 18.5. The Morgan fingerprint density at radius 1 is 0.828 bits per heavy atom. The molecule has 1 aromatic carbocycles. The van der Waals surface area contributed by atoms with Crippen LogP contribution < -0.4 is 18.9 Å². The summed E-state index contributed by atoms with van der Waals surface area (Å²) < 4.78 is 21.7. The Bertz CT molecular complexity index is 1150. The number of nitrogens with one attached hydrogen (secondary N) is 1. The van der Waals surface area contributed by atoms with E-state index in [1.165, 1.54) is 0 Å². The normalized spacial score (nSPS) is 10.8. The van der Waals surface area contributed by atoms with Crippen LogP contribution in [-0.2, 0) is 0 Å². The molecule has 0 fully saturated rings. The Morgan fingerprint density at radius 2 is 1.59 bits per heavy atom. The van der Waals surface area contributed by atoms with Crippen molar-refractivity contribution in [2.24, 2.45) is 0 Å². The summed E-state index contributed by atoms with van der Waals surface area (Å²) in [5.41, 5.74) is 4.03. The molecule has 4 rings (SSSR count). The molecule has 0 aliphatic rings. The van der Waals surface area contributed by atoms with Gasteiger partial charge in [0.1, 0.15) is 5.75 Å². The average Bonchev–Trinajstić information content (AvgIpc) is 3.22. The zero-order valence-electron chi connectivity index (χ0n) is 16.5. The number of hydrogen-bond acceptors (Lipinski definition) is 7. The molecule has 8 heteroatoms. The molecule has 0 aliphatic carbocycles. The highest BCUT2D eigenvalue weighted by Gasteiger charge is 2.19. The van der Waals surface area contributed by atoms with E-state index < -0.39 is 0 Å². The molecule has 0 atom stereocenters. The van der Waals surface area contributed by atoms with Crippen molar-refractivity contribution >= 4 is 11.0 Å². The van der Waals surface area contributed by atoms with E-state index in [-0.39, 0.29) is 0 Å². The molecule has 0 saturated carbocycles. The second-order valence-electron chi connectivity index (χ2n) is 6.18. The third kappa shape index (κ3) is 3.18. The smallest absolute Gasteiger partial charge is 0.203 e. The van der Waals surface area contributed by atoms with Gasteiger partial charge in [0.2, 0.25) is 5.75 Å². The highest BCUT2D eigenvalue weighted by molar-refractivity contribution is 6.02. The predicted octanol–water partition coefficient (Wildman–Crippen LogP) is 3.72. The van der Waals surface area contributed by atoms with Crippen LogP contribution in [-0.4, -0.2) is 48.6 Å². The quantitative estimate of drug-likeness (QED) is 0.535. The van der Waals surface area contributed by atoms with Gasteiger partial charge in [-0.25, -0.2) is 4.98 Å². The first-order valence-electron chi connectivity index (χ1n) is 8.83. The Labute approximate surface area is 167 Å². The fourth-order valence-electron chi connectivity index (χ4n) is 3.30. The van der Waals surface area contributed by atoms with Gasteiger partial charge < -0.3 is 18.9 Å². The molecular weight excluding hydrogens is 372 g/mol. The Kier molecular flexibility index (Phi) is 4.90. The van der Waals surface area contributed by atoms with Crippen LogP contribution in [0.3, 0.4) is 0 Å². The lowest BCUT2D eigenvalue weighted by Gasteiger charge is -2.14. The van der Waals surface area contributed by atoms with Gasteiger partial charge in [-0.05, 0) is 29.8 Å². The number of pyridine rings is 2. The molecule has 0 radical (unpaired) electrons. The maximum atomic E-state index is 5.49. The van der Waals surface area contributed by atoms with Crippen molar-refractivity contribution in [2.75, 3.05) is 28.4 Å². The van der Waals surface area contributed by atoms with Crippen molar-refractivity contribution in [3.8, 4) is 45.4 Å². The fraction of sp³-hybridized carbons (Fsp3) is 0.190. The number of H-pyrrole nitrogens is 1. The number of nitrogens with zero attached hydrogens (tertiary/aromatic N) is 3. The van der Waals surface area contributed by atoms with Crippen LogP contribution in [0.1, 0.15) is 0 Å². The number of aromatic nitrogens is 4. The molecule has 4 aromatic rings. The molecule has 0 bridgehead atoms. The van der Waals surface area contributed by atoms with E-state index >= 15 is 0 Å². The topological polar surface area (TPSA) is 91.4 Å². The fourth-order valence-corrected chi connectivity index (χ4v) is 3.30. The minimum atomic E-state index is 0.526. The van der Waals surface area contributed by atoms with Crippen LogP contribution in [0, 0.1) is 0 Å². The number of methoxy groups -OCH3 is 4. The summed E-state index contributed by atoms with van der Waals surface area (Å²) in [5.74, 6) is 2.30. The average molecular weight is 392 g/mol. The first-order chi connectivity index (χ1) is 14.2. The molecule has 8 nitrogen and oxygen atoms in total. The van der Waals surface area contributed by atoms with E-state index in [2.05, 4.69) is 20.2 Å². The van der Waals surface area contributed by atoms with Crippen molar-refractivity contribution < 1.29 is 18.9 Å². The molecular formula is C21H20N4O4. The highest BCUT2D eigenvalue weighted by Crippen LogP contribution is 2.43. The van der Waals surface area contributed by atoms with Gasteiger partial charge in [0.05, 0.1) is 45.7 Å². The summed E-state index contributed by atoms with van der Waals surface area (Å²) in [4.78, 5) is 8.66. The van der Waals surface area contributed by atoms with Gasteiger partial charge in [-0.15, -0.1) is 0 Å². The van der Waals surface area contributed by atoms with Gasteiger partial charge in [-0.1, -0.05) is 0 Å². The molecule has 0 unspecified atom stereocenters. The van der Waals surface area contributed by atoms with Crippen molar-refractivity contribution in [1.29, 1.82) is 0 Å². The van der Waals surface area contributed by atoms with Crippen molar-refractivity contribution in [2.45, 2.75) is 0 Å². The molecule has 3 aromatic heterocycles. The SMILES string of the molecule is COc1cncc(-c2ccnc3n[nH]c(-c4cc(OC)c(OC)c(OC)c4)c23)c1. The standard InChI is InChI=1S/C21H20N4O4/c1-26-14-7-13(10-22-11-14)15-5-6-23-21-18(15)19(24-25-21)12-8-16(27-2)20(29-4)17(9-12)28-3/h5-11H,1-4H3,(H,23,24,25). The van der Waals surface area contributed by atoms with Crippen LogP contribution in [0.5, 0.6) is 23.0 Å². The molecule has 0 spiro atoms. The van der Waals surface area contributed by atoms with Crippen molar-refractivity contribution in [3.05, 3.63) is 42.9 Å². The number of fused-ring (bicyclic) bond motifs is 1. The minimum Gasteiger partial charge on any atom is -0.495 e. The molecule has 0 amide bonds. The minimum absolute atomic E-state index is 0.526. The number of aromatic amines is 1. The van der Waals surface area contributed by atoms with E-state index in [4.69, 9.17) is 18.9 Å². The largest absolute Gasteiger partial charge is 0.495 e. The van der Waals surface area contributed by atoms with Gasteiger partial charge >= 0.3 is 0 Å². The second-order valence-corrected chi connectivity index (χ2v) is 6.18. The number of benzene rings is 1. The third-order valence-corrected chi connectivity index (χ3v) is 4.67. The van der Waals surface area contributed by atoms with Crippen LogP contribution in [0.15, 0.2) is 42.9 Å². The summed E-state index contributed by atoms with van der Waals surface area (Å²) in [6.45, 7) is 0. The zero-order chi connectivity index (χ0) is 20.4. The molecule has 3 heterocycles. The third-order valence-electron chi connectivity index (χ3n) is 4.67. The van der Waals surface area contributed by atoms with E-state index in [1.807, 2.05) is 24.3 Å². The predicted molar refractivity (Wildman–Crippen MR) is 109 cm³/mol. The Balaban J connectivity index is 1.97. The second kappa shape index (κ2) is 7.67. The molecule has 0 aliphatic heterocycles. The number of rotatable bonds is 6. The monoisotopic (exact) mass is 392 g/mol. The Morgan fingerprint density at radius 3 is 2.24 bits per heavy atom. The van der Waals surface area contributed by atoms with E-state index in [1.54, 1.807) is 47.0 Å². The Hall–Kier alpha value is -3.81. The van der Waals surface area contributed by atoms with Crippen LogP contribution in [0.4, 0.5) is 0 Å². The summed E-state index contributed by atoms with van der Waals surface area (Å²) in [6, 6.07) is 7.59.